The summed E-state index contributed by atoms with van der Waals surface area (Å²) in [5.74, 6) is -0.0317. The molecule has 1 saturated carbocycles. The van der Waals surface area contributed by atoms with Gasteiger partial charge in [-0.15, -0.1) is 0 Å². The zero-order valence-corrected chi connectivity index (χ0v) is 15.5. The molecule has 8 nitrogen and oxygen atoms in total. The van der Waals surface area contributed by atoms with Gasteiger partial charge in [0.05, 0.1) is 0 Å². The highest BCUT2D eigenvalue weighted by molar-refractivity contribution is 5.95. The monoisotopic (exact) mass is 379 g/mol. The van der Waals surface area contributed by atoms with Crippen molar-refractivity contribution < 1.29 is 14.3 Å². The van der Waals surface area contributed by atoms with Crippen LogP contribution in [0.2, 0.25) is 0 Å². The van der Waals surface area contributed by atoms with Crippen LogP contribution in [0.4, 0.5) is 5.69 Å². The van der Waals surface area contributed by atoms with E-state index in [0.29, 0.717) is 11.3 Å². The van der Waals surface area contributed by atoms with Crippen LogP contribution >= 0.6 is 0 Å². The van der Waals surface area contributed by atoms with Gasteiger partial charge in [0, 0.05) is 36.6 Å². The minimum Gasteiger partial charge on any atom is -0.472 e. The molecule has 1 aromatic carbocycles. The first kappa shape index (κ1) is 19.3. The van der Waals surface area contributed by atoms with Crippen LogP contribution in [0.25, 0.3) is 0 Å². The Bertz CT molecular complexity index is 883. The number of nitrogens with one attached hydrogen (secondary N) is 2. The molecule has 0 spiro atoms. The summed E-state index contributed by atoms with van der Waals surface area (Å²) in [5, 5.41) is 14.8. The lowest BCUT2D eigenvalue weighted by Crippen LogP contribution is -2.39. The van der Waals surface area contributed by atoms with Crippen molar-refractivity contribution in [2.24, 2.45) is 0 Å². The molecule has 0 radical (unpaired) electrons. The van der Waals surface area contributed by atoms with Crippen LogP contribution in [0.15, 0.2) is 36.7 Å². The van der Waals surface area contributed by atoms with Gasteiger partial charge in [-0.05, 0) is 49.9 Å². The Kier molecular flexibility index (Phi) is 6.17. The van der Waals surface area contributed by atoms with Crippen molar-refractivity contribution in [1.29, 1.82) is 5.26 Å². The molecule has 2 aromatic rings. The molecule has 0 atom stereocenters. The molecule has 28 heavy (non-hydrogen) atoms. The summed E-state index contributed by atoms with van der Waals surface area (Å²) in [6.07, 6.45) is 5.99. The van der Waals surface area contributed by atoms with Crippen LogP contribution in [-0.4, -0.2) is 33.9 Å². The van der Waals surface area contributed by atoms with Gasteiger partial charge in [0.25, 0.3) is 11.8 Å². The van der Waals surface area contributed by atoms with Crippen molar-refractivity contribution in [3.8, 4) is 11.9 Å². The average molecular weight is 379 g/mol. The van der Waals surface area contributed by atoms with Gasteiger partial charge in [0.15, 0.2) is 0 Å². The highest BCUT2D eigenvalue weighted by Gasteiger charge is 2.25. The second-order valence-electron chi connectivity index (χ2n) is 6.65. The van der Waals surface area contributed by atoms with Crippen LogP contribution in [-0.2, 0) is 4.79 Å². The van der Waals surface area contributed by atoms with E-state index >= 15 is 0 Å². The van der Waals surface area contributed by atoms with Crippen LogP contribution in [0, 0.1) is 11.3 Å². The SMILES string of the molecule is CC(=O)Nc1ccc(C(=O)NC2CCC(Oc3nccnc3C#N)CC2)cc1. The molecular formula is C20H21N5O3. The van der Waals surface area contributed by atoms with E-state index in [-0.39, 0.29) is 35.5 Å². The molecule has 1 heterocycles. The van der Waals surface area contributed by atoms with Crippen molar-refractivity contribution in [1.82, 2.24) is 15.3 Å². The summed E-state index contributed by atoms with van der Waals surface area (Å²) in [5.41, 5.74) is 1.38. The Balaban J connectivity index is 1.49. The third-order valence-corrected chi connectivity index (χ3v) is 4.53. The van der Waals surface area contributed by atoms with E-state index in [1.54, 1.807) is 24.3 Å². The molecule has 1 aromatic heterocycles. The number of anilines is 1. The van der Waals surface area contributed by atoms with Gasteiger partial charge in [0.2, 0.25) is 11.6 Å². The van der Waals surface area contributed by atoms with E-state index in [1.807, 2.05) is 6.07 Å². The molecule has 0 bridgehead atoms. The molecule has 2 N–H and O–H groups in total. The fraction of sp³-hybridized carbons (Fsp3) is 0.350. The predicted octanol–water partition coefficient (Wildman–Crippen LogP) is 2.43. The van der Waals surface area contributed by atoms with Gasteiger partial charge >= 0.3 is 0 Å². The van der Waals surface area contributed by atoms with Gasteiger partial charge in [-0.2, -0.15) is 5.26 Å². The normalized spacial score (nSPS) is 18.6. The summed E-state index contributed by atoms with van der Waals surface area (Å²) < 4.78 is 5.82. The first-order valence-electron chi connectivity index (χ1n) is 9.11. The third kappa shape index (κ3) is 5.04. The number of ether oxygens (including phenoxy) is 1. The van der Waals surface area contributed by atoms with Gasteiger partial charge in [-0.25, -0.2) is 9.97 Å². The van der Waals surface area contributed by atoms with E-state index in [2.05, 4.69) is 20.6 Å². The fourth-order valence-corrected chi connectivity index (χ4v) is 3.15. The summed E-state index contributed by atoms with van der Waals surface area (Å²) >= 11 is 0. The number of nitrogens with zero attached hydrogens (tertiary/aromatic N) is 3. The first-order chi connectivity index (χ1) is 13.5. The molecule has 144 valence electrons. The van der Waals surface area contributed by atoms with E-state index in [1.165, 1.54) is 19.3 Å². The highest BCUT2D eigenvalue weighted by atomic mass is 16.5. The van der Waals surface area contributed by atoms with Gasteiger partial charge < -0.3 is 15.4 Å². The first-order valence-corrected chi connectivity index (χ1v) is 9.11. The van der Waals surface area contributed by atoms with Crippen molar-refractivity contribution in [2.45, 2.75) is 44.8 Å². The van der Waals surface area contributed by atoms with Crippen LogP contribution in [0.1, 0.15) is 48.7 Å². The average Bonchev–Trinajstić information content (AvgIpc) is 2.70. The largest absolute Gasteiger partial charge is 0.472 e. The molecule has 1 aliphatic rings. The number of aromatic nitrogens is 2. The van der Waals surface area contributed by atoms with Crippen LogP contribution < -0.4 is 15.4 Å². The number of nitriles is 1. The lowest BCUT2D eigenvalue weighted by molar-refractivity contribution is -0.114. The maximum absolute atomic E-state index is 12.4. The molecule has 3 rings (SSSR count). The summed E-state index contributed by atoms with van der Waals surface area (Å²) in [7, 11) is 0. The van der Waals surface area contributed by atoms with Crippen molar-refractivity contribution in [3.05, 3.63) is 47.9 Å². The number of carbonyl (C=O) groups excluding carboxylic acids is 2. The number of hydrogen-bond donors (Lipinski definition) is 2. The summed E-state index contributed by atoms with van der Waals surface area (Å²) in [6.45, 7) is 1.44. The Hall–Kier alpha value is -3.47. The van der Waals surface area contributed by atoms with Crippen molar-refractivity contribution in [3.63, 3.8) is 0 Å². The number of benzene rings is 1. The van der Waals surface area contributed by atoms with E-state index in [4.69, 9.17) is 10.00 Å². The molecule has 0 saturated heterocycles. The second kappa shape index (κ2) is 8.95. The maximum Gasteiger partial charge on any atom is 0.251 e. The van der Waals surface area contributed by atoms with Crippen molar-refractivity contribution >= 4 is 17.5 Å². The Morgan fingerprint density at radius 1 is 1.11 bits per heavy atom. The highest BCUT2D eigenvalue weighted by Crippen LogP contribution is 2.24. The number of carbonyl (C=O) groups is 2. The Morgan fingerprint density at radius 2 is 1.79 bits per heavy atom. The lowest BCUT2D eigenvalue weighted by atomic mass is 9.92. The standard InChI is InChI=1S/C20H21N5O3/c1-13(26)24-15-4-2-14(3-5-15)19(27)25-16-6-8-17(9-7-16)28-20-18(12-21)22-10-11-23-20/h2-5,10-11,16-17H,6-9H2,1H3,(H,24,26)(H,25,27). The quantitative estimate of drug-likeness (QED) is 0.824. The molecule has 0 aliphatic heterocycles. The third-order valence-electron chi connectivity index (χ3n) is 4.53. The molecule has 1 aliphatic carbocycles. The Labute approximate surface area is 163 Å². The van der Waals surface area contributed by atoms with E-state index in [9.17, 15) is 9.59 Å². The predicted molar refractivity (Wildman–Crippen MR) is 102 cm³/mol. The minimum atomic E-state index is -0.153. The van der Waals surface area contributed by atoms with Crippen LogP contribution in [0.3, 0.4) is 0 Å². The maximum atomic E-state index is 12.4. The minimum absolute atomic E-state index is 0.0473. The molecule has 0 unspecified atom stereocenters. The van der Waals surface area contributed by atoms with Crippen LogP contribution in [0.5, 0.6) is 5.88 Å². The summed E-state index contributed by atoms with van der Waals surface area (Å²) in [6, 6.07) is 8.82. The number of hydrogen-bond acceptors (Lipinski definition) is 6. The molecule has 1 fully saturated rings. The van der Waals surface area contributed by atoms with Gasteiger partial charge in [0.1, 0.15) is 12.2 Å². The molecular weight excluding hydrogens is 358 g/mol. The van der Waals surface area contributed by atoms with Gasteiger partial charge in [-0.1, -0.05) is 0 Å². The summed E-state index contributed by atoms with van der Waals surface area (Å²) in [4.78, 5) is 31.5. The molecule has 2 amide bonds. The van der Waals surface area contributed by atoms with E-state index in [0.717, 1.165) is 25.7 Å². The van der Waals surface area contributed by atoms with E-state index < -0.39 is 0 Å². The smallest absolute Gasteiger partial charge is 0.251 e. The van der Waals surface area contributed by atoms with Gasteiger partial charge in [-0.3, -0.25) is 9.59 Å². The lowest BCUT2D eigenvalue weighted by Gasteiger charge is -2.29. The fourth-order valence-electron chi connectivity index (χ4n) is 3.15. The zero-order valence-electron chi connectivity index (χ0n) is 15.5. The molecule has 8 heteroatoms. The number of amides is 2. The Morgan fingerprint density at radius 3 is 2.43 bits per heavy atom. The second-order valence-corrected chi connectivity index (χ2v) is 6.65. The zero-order chi connectivity index (χ0) is 19.9. The topological polar surface area (TPSA) is 117 Å². The number of rotatable bonds is 5. The van der Waals surface area contributed by atoms with Crippen molar-refractivity contribution in [2.75, 3.05) is 5.32 Å².